The number of rotatable bonds is 5. The number of likely N-dealkylation sites (N-methyl/N-ethyl adjacent to an activating group) is 1. The smallest absolute Gasteiger partial charge is 0.259 e. The number of fused-ring (bicyclic) bond motifs is 1. The van der Waals surface area contributed by atoms with E-state index in [0.717, 1.165) is 35.2 Å². The highest BCUT2D eigenvalue weighted by atomic mass is 16.5. The zero-order chi connectivity index (χ0) is 25.1. The Hall–Kier alpha value is -3.39. The average molecular weight is 480 g/mol. The summed E-state index contributed by atoms with van der Waals surface area (Å²) < 4.78 is 11.5. The molecule has 3 amide bonds. The lowest BCUT2D eigenvalue weighted by molar-refractivity contribution is -0.130. The fourth-order valence-corrected chi connectivity index (χ4v) is 4.71. The van der Waals surface area contributed by atoms with Gasteiger partial charge in [0.1, 0.15) is 5.75 Å². The Morgan fingerprint density at radius 2 is 1.86 bits per heavy atom. The first kappa shape index (κ1) is 24.7. The van der Waals surface area contributed by atoms with Crippen molar-refractivity contribution in [3.8, 4) is 16.9 Å². The van der Waals surface area contributed by atoms with Crippen LogP contribution in [0.1, 0.15) is 36.2 Å². The minimum Gasteiger partial charge on any atom is -0.483 e. The molecule has 0 unspecified atom stereocenters. The highest BCUT2D eigenvalue weighted by molar-refractivity contribution is 5.97. The van der Waals surface area contributed by atoms with Crippen molar-refractivity contribution in [2.45, 2.75) is 32.7 Å². The summed E-state index contributed by atoms with van der Waals surface area (Å²) in [6, 6.07) is 11.4. The molecule has 0 N–H and O–H groups in total. The van der Waals surface area contributed by atoms with Crippen molar-refractivity contribution in [1.82, 2.24) is 9.80 Å². The van der Waals surface area contributed by atoms with Gasteiger partial charge in [0.15, 0.2) is 6.61 Å². The summed E-state index contributed by atoms with van der Waals surface area (Å²) in [7, 11) is 3.37. The van der Waals surface area contributed by atoms with Crippen molar-refractivity contribution < 1.29 is 23.9 Å². The number of hydrogen-bond donors (Lipinski definition) is 0. The molecule has 8 nitrogen and oxygen atoms in total. The first-order valence-corrected chi connectivity index (χ1v) is 12.0. The molecule has 0 spiro atoms. The molecule has 4 rings (SSSR count). The number of carbonyl (C=O) groups excluding carboxylic acids is 3. The van der Waals surface area contributed by atoms with E-state index in [2.05, 4.69) is 0 Å². The largest absolute Gasteiger partial charge is 0.483 e. The second-order valence-electron chi connectivity index (χ2n) is 9.28. The second-order valence-corrected chi connectivity index (χ2v) is 9.28. The summed E-state index contributed by atoms with van der Waals surface area (Å²) in [4.78, 5) is 43.0. The van der Waals surface area contributed by atoms with Gasteiger partial charge in [0.25, 0.3) is 11.8 Å². The van der Waals surface area contributed by atoms with Gasteiger partial charge >= 0.3 is 0 Å². The molecule has 2 aliphatic rings. The molecule has 8 heteroatoms. The van der Waals surface area contributed by atoms with Crippen LogP contribution in [0.4, 0.5) is 5.69 Å². The molecule has 0 saturated carbocycles. The van der Waals surface area contributed by atoms with E-state index in [4.69, 9.17) is 9.47 Å². The minimum atomic E-state index is -0.155. The zero-order valence-electron chi connectivity index (χ0n) is 20.9. The molecule has 0 bridgehead atoms. The Bertz CT molecular complexity index is 1120. The lowest BCUT2D eigenvalue weighted by atomic mass is 9.91. The van der Waals surface area contributed by atoms with E-state index in [9.17, 15) is 14.4 Å². The van der Waals surface area contributed by atoms with E-state index in [-0.39, 0.29) is 30.4 Å². The third-order valence-electron chi connectivity index (χ3n) is 6.65. The number of carbonyl (C=O) groups is 3. The first-order chi connectivity index (χ1) is 16.8. The maximum Gasteiger partial charge on any atom is 0.259 e. The molecule has 1 atom stereocenters. The van der Waals surface area contributed by atoms with E-state index in [1.54, 1.807) is 30.8 Å². The van der Waals surface area contributed by atoms with Crippen molar-refractivity contribution >= 4 is 23.4 Å². The van der Waals surface area contributed by atoms with Crippen LogP contribution in [-0.2, 0) is 20.7 Å². The van der Waals surface area contributed by atoms with E-state index in [1.165, 1.54) is 4.90 Å². The Morgan fingerprint density at radius 3 is 2.54 bits per heavy atom. The summed E-state index contributed by atoms with van der Waals surface area (Å²) >= 11 is 0. The molecule has 2 aromatic carbocycles. The molecular formula is C27H33N3O5. The third-order valence-corrected chi connectivity index (χ3v) is 6.65. The summed E-state index contributed by atoms with van der Waals surface area (Å²) in [6.45, 7) is 5.71. The van der Waals surface area contributed by atoms with Crippen LogP contribution in [-0.4, -0.2) is 80.6 Å². The highest BCUT2D eigenvalue weighted by Gasteiger charge is 2.30. The maximum atomic E-state index is 13.1. The van der Waals surface area contributed by atoms with Crippen LogP contribution >= 0.6 is 0 Å². The van der Waals surface area contributed by atoms with Gasteiger partial charge in [0.05, 0.1) is 18.9 Å². The maximum absolute atomic E-state index is 13.1. The van der Waals surface area contributed by atoms with Crippen molar-refractivity contribution in [2.24, 2.45) is 0 Å². The zero-order valence-corrected chi connectivity index (χ0v) is 20.9. The van der Waals surface area contributed by atoms with Crippen molar-refractivity contribution in [1.29, 1.82) is 0 Å². The van der Waals surface area contributed by atoms with Gasteiger partial charge in [-0.2, -0.15) is 0 Å². The highest BCUT2D eigenvalue weighted by Crippen LogP contribution is 2.43. The summed E-state index contributed by atoms with van der Waals surface area (Å²) in [5, 5.41) is 0. The number of amides is 3. The number of nitrogens with zero attached hydrogens (tertiary/aromatic N) is 3. The topological polar surface area (TPSA) is 79.4 Å². The van der Waals surface area contributed by atoms with Gasteiger partial charge in [0.2, 0.25) is 5.91 Å². The molecular weight excluding hydrogens is 446 g/mol. The van der Waals surface area contributed by atoms with Gasteiger partial charge in [-0.3, -0.25) is 14.4 Å². The Labute approximate surface area is 206 Å². The monoisotopic (exact) mass is 479 g/mol. The predicted molar refractivity (Wildman–Crippen MR) is 134 cm³/mol. The molecule has 0 aromatic heterocycles. The van der Waals surface area contributed by atoms with Crippen molar-refractivity contribution in [2.75, 3.05) is 51.9 Å². The molecule has 2 aliphatic heterocycles. The molecule has 35 heavy (non-hydrogen) atoms. The molecule has 0 radical (unpaired) electrons. The van der Waals surface area contributed by atoms with Crippen LogP contribution in [0.15, 0.2) is 36.4 Å². The van der Waals surface area contributed by atoms with Crippen molar-refractivity contribution in [3.05, 3.63) is 47.5 Å². The van der Waals surface area contributed by atoms with Crippen LogP contribution in [0.3, 0.4) is 0 Å². The van der Waals surface area contributed by atoms with Crippen LogP contribution in [0, 0.1) is 0 Å². The number of anilines is 1. The van der Waals surface area contributed by atoms with Gasteiger partial charge in [-0.05, 0) is 49.6 Å². The van der Waals surface area contributed by atoms with Gasteiger partial charge in [0, 0.05) is 56.8 Å². The molecule has 1 fully saturated rings. The summed E-state index contributed by atoms with van der Waals surface area (Å²) in [5.74, 6) is 0.374. The number of benzene rings is 2. The summed E-state index contributed by atoms with van der Waals surface area (Å²) in [6.07, 6.45) is 1.52. The Balaban J connectivity index is 1.76. The third kappa shape index (κ3) is 5.17. The average Bonchev–Trinajstić information content (AvgIpc) is 2.86. The molecule has 0 aliphatic carbocycles. The number of ether oxygens (including phenoxy) is 2. The molecule has 2 aromatic rings. The van der Waals surface area contributed by atoms with Gasteiger partial charge in [-0.25, -0.2) is 0 Å². The lowest BCUT2D eigenvalue weighted by Crippen LogP contribution is -2.41. The fraction of sp³-hybridized carbons (Fsp3) is 0.444. The quantitative estimate of drug-likeness (QED) is 0.659. The standard InChI is InChI=1S/C27H33N3O5/c1-18-8-9-23-24(30(18)19(2)31)11-10-22(26(23)35-17-25(32)28(3)4)20-6-5-7-21(16-20)27(33)29-12-14-34-15-13-29/h5-7,10-11,16,18H,8-9,12-15,17H2,1-4H3/t18-/m0/s1. The second kappa shape index (κ2) is 10.5. The van der Waals surface area contributed by atoms with Crippen LogP contribution < -0.4 is 9.64 Å². The van der Waals surface area contributed by atoms with E-state index in [0.29, 0.717) is 37.6 Å². The number of hydrogen-bond acceptors (Lipinski definition) is 5. The molecule has 1 saturated heterocycles. The Morgan fingerprint density at radius 1 is 1.11 bits per heavy atom. The number of morpholine rings is 1. The summed E-state index contributed by atoms with van der Waals surface area (Å²) in [5.41, 5.74) is 3.94. The predicted octanol–water partition coefficient (Wildman–Crippen LogP) is 2.98. The molecule has 186 valence electrons. The van der Waals surface area contributed by atoms with E-state index >= 15 is 0 Å². The van der Waals surface area contributed by atoms with Crippen LogP contribution in [0.2, 0.25) is 0 Å². The SMILES string of the molecule is CC(=O)N1c2ccc(-c3cccc(C(=O)N4CCOCC4)c3)c(OCC(=O)N(C)C)c2CC[C@@H]1C. The van der Waals surface area contributed by atoms with E-state index < -0.39 is 0 Å². The normalized spacial score (nSPS) is 17.5. The minimum absolute atomic E-state index is 0.0281. The first-order valence-electron chi connectivity index (χ1n) is 12.0. The van der Waals surface area contributed by atoms with Gasteiger partial charge in [-0.15, -0.1) is 0 Å². The Kier molecular flexibility index (Phi) is 7.40. The van der Waals surface area contributed by atoms with Crippen molar-refractivity contribution in [3.63, 3.8) is 0 Å². The molecule has 2 heterocycles. The fourth-order valence-electron chi connectivity index (χ4n) is 4.71. The van der Waals surface area contributed by atoms with Crippen LogP contribution in [0.25, 0.3) is 11.1 Å². The van der Waals surface area contributed by atoms with Crippen LogP contribution in [0.5, 0.6) is 5.75 Å². The van der Waals surface area contributed by atoms with E-state index in [1.807, 2.05) is 43.3 Å². The van der Waals surface area contributed by atoms with Gasteiger partial charge in [-0.1, -0.05) is 12.1 Å². The van der Waals surface area contributed by atoms with Gasteiger partial charge < -0.3 is 24.2 Å². The lowest BCUT2D eigenvalue weighted by Gasteiger charge is -2.36.